The van der Waals surface area contributed by atoms with Crippen molar-refractivity contribution >= 4 is 32.7 Å². The van der Waals surface area contributed by atoms with Crippen LogP contribution in [0.4, 0.5) is 0 Å². The molecule has 1 amide bonds. The summed E-state index contributed by atoms with van der Waals surface area (Å²) in [6.45, 7) is 1.55. The number of nitrogens with one attached hydrogen (secondary N) is 1. The molecule has 4 heteroatoms. The summed E-state index contributed by atoms with van der Waals surface area (Å²) in [6, 6.07) is 6.19. The Morgan fingerprint density at radius 2 is 2.05 bits per heavy atom. The highest BCUT2D eigenvalue weighted by molar-refractivity contribution is 9.10. The highest BCUT2D eigenvalue weighted by Crippen LogP contribution is 2.31. The van der Waals surface area contributed by atoms with Crippen molar-refractivity contribution in [3.8, 4) is 0 Å². The number of fused-ring (bicyclic) bond motifs is 1. The predicted octanol–water partition coefficient (Wildman–Crippen LogP) is 3.90. The number of carbonyl (C=O) groups is 1. The van der Waals surface area contributed by atoms with E-state index in [0.717, 1.165) is 9.99 Å². The van der Waals surface area contributed by atoms with Gasteiger partial charge in [0.05, 0.1) is 0 Å². The zero-order chi connectivity index (χ0) is 13.4. The van der Waals surface area contributed by atoms with Crippen LogP contribution in [0.3, 0.4) is 0 Å². The third kappa shape index (κ3) is 2.24. The number of hydrogen-bond acceptors (Lipinski definition) is 1. The molecule has 0 saturated carbocycles. The number of benzene rings is 1. The highest BCUT2D eigenvalue weighted by atomic mass is 79.9. The largest absolute Gasteiger partial charge is 0.361 e. The van der Waals surface area contributed by atoms with Gasteiger partial charge in [-0.3, -0.25) is 9.69 Å². The van der Waals surface area contributed by atoms with E-state index in [1.54, 1.807) is 11.8 Å². The molecule has 0 atom stereocenters. The van der Waals surface area contributed by atoms with Gasteiger partial charge < -0.3 is 4.98 Å². The molecule has 2 aromatic rings. The van der Waals surface area contributed by atoms with E-state index >= 15 is 0 Å². The Hall–Kier alpha value is -1.81. The summed E-state index contributed by atoms with van der Waals surface area (Å²) in [7, 11) is 0. The van der Waals surface area contributed by atoms with Gasteiger partial charge in [0.2, 0.25) is 5.91 Å². The monoisotopic (exact) mass is 316 g/mol. The summed E-state index contributed by atoms with van der Waals surface area (Å²) in [6.07, 6.45) is 9.74. The van der Waals surface area contributed by atoms with Gasteiger partial charge in [-0.25, -0.2) is 0 Å². The molecule has 0 fully saturated rings. The minimum absolute atomic E-state index is 0.0209. The second-order valence-electron chi connectivity index (χ2n) is 4.57. The number of nitrogens with zero attached hydrogens (tertiary/aromatic N) is 1. The molecule has 2 heterocycles. The van der Waals surface area contributed by atoms with E-state index in [2.05, 4.69) is 33.0 Å². The molecular formula is C15H13BrN2O. The molecule has 0 bridgehead atoms. The van der Waals surface area contributed by atoms with Crippen molar-refractivity contribution in [1.29, 1.82) is 0 Å². The molecule has 0 aliphatic carbocycles. The van der Waals surface area contributed by atoms with E-state index in [1.165, 1.54) is 10.9 Å². The molecule has 1 aromatic carbocycles. The minimum atomic E-state index is 0.0209. The van der Waals surface area contributed by atoms with Crippen LogP contribution in [0.1, 0.15) is 18.4 Å². The molecule has 1 N–H and O–H groups in total. The van der Waals surface area contributed by atoms with Gasteiger partial charge >= 0.3 is 0 Å². The number of hydrogen-bond donors (Lipinski definition) is 1. The predicted molar refractivity (Wildman–Crippen MR) is 79.5 cm³/mol. The molecule has 19 heavy (non-hydrogen) atoms. The highest BCUT2D eigenvalue weighted by Gasteiger charge is 2.15. The van der Waals surface area contributed by atoms with Crippen LogP contribution >= 0.6 is 15.9 Å². The maximum Gasteiger partial charge on any atom is 0.227 e. The average molecular weight is 317 g/mol. The Morgan fingerprint density at radius 3 is 2.74 bits per heavy atom. The first-order valence-corrected chi connectivity index (χ1v) is 6.86. The van der Waals surface area contributed by atoms with Crippen LogP contribution in [0.15, 0.2) is 53.4 Å². The lowest BCUT2D eigenvalue weighted by atomic mass is 9.97. The van der Waals surface area contributed by atoms with E-state index in [1.807, 2.05) is 36.8 Å². The number of aromatic amines is 1. The standard InChI is InChI=1S/C15H13BrN2O/c1-10(19)18-6-4-11(5-7-18)14-9-17-15-3-2-12(16)8-13(14)15/h2-9,11,17H,1H3. The first-order chi connectivity index (χ1) is 9.15. The zero-order valence-electron chi connectivity index (χ0n) is 10.4. The normalized spacial score (nSPS) is 15.4. The Labute approximate surface area is 119 Å². The van der Waals surface area contributed by atoms with Crippen LogP contribution in [0.2, 0.25) is 0 Å². The third-order valence-corrected chi connectivity index (χ3v) is 3.80. The number of halogens is 1. The van der Waals surface area contributed by atoms with E-state index in [4.69, 9.17) is 0 Å². The molecule has 3 nitrogen and oxygen atoms in total. The minimum Gasteiger partial charge on any atom is -0.361 e. The number of rotatable bonds is 1. The fraction of sp³-hybridized carbons (Fsp3) is 0.133. The van der Waals surface area contributed by atoms with E-state index in [0.29, 0.717) is 0 Å². The molecule has 1 aliphatic rings. The molecule has 1 aliphatic heterocycles. The van der Waals surface area contributed by atoms with Crippen molar-refractivity contribution in [1.82, 2.24) is 9.88 Å². The third-order valence-electron chi connectivity index (χ3n) is 3.31. The van der Waals surface area contributed by atoms with Gasteiger partial charge in [-0.2, -0.15) is 0 Å². The summed E-state index contributed by atoms with van der Waals surface area (Å²) >= 11 is 3.50. The first kappa shape index (κ1) is 12.2. The molecule has 0 saturated heterocycles. The Bertz CT molecular complexity index is 685. The summed E-state index contributed by atoms with van der Waals surface area (Å²) in [5, 5.41) is 1.20. The van der Waals surface area contributed by atoms with Crippen LogP contribution in [-0.2, 0) is 4.79 Å². The van der Waals surface area contributed by atoms with Crippen LogP contribution in [0, 0.1) is 0 Å². The average Bonchev–Trinajstić information content (AvgIpc) is 2.81. The van der Waals surface area contributed by atoms with Gasteiger partial charge in [0.25, 0.3) is 0 Å². The molecule has 3 rings (SSSR count). The van der Waals surface area contributed by atoms with Gasteiger partial charge in [0.15, 0.2) is 0 Å². The van der Waals surface area contributed by atoms with Gasteiger partial charge in [0, 0.05) is 46.8 Å². The number of allylic oxidation sites excluding steroid dienone is 2. The van der Waals surface area contributed by atoms with Crippen molar-refractivity contribution in [2.45, 2.75) is 12.8 Å². The van der Waals surface area contributed by atoms with Crippen LogP contribution < -0.4 is 0 Å². The number of H-pyrrole nitrogens is 1. The van der Waals surface area contributed by atoms with Crippen molar-refractivity contribution in [3.63, 3.8) is 0 Å². The van der Waals surface area contributed by atoms with Crippen molar-refractivity contribution in [3.05, 3.63) is 59.0 Å². The summed E-state index contributed by atoms with van der Waals surface area (Å²) in [5.41, 5.74) is 2.33. The summed E-state index contributed by atoms with van der Waals surface area (Å²) in [5.74, 6) is 0.214. The van der Waals surface area contributed by atoms with E-state index < -0.39 is 0 Å². The van der Waals surface area contributed by atoms with Crippen molar-refractivity contribution in [2.75, 3.05) is 0 Å². The molecule has 0 unspecified atom stereocenters. The molecule has 96 valence electrons. The fourth-order valence-corrected chi connectivity index (χ4v) is 2.65. The van der Waals surface area contributed by atoms with Crippen LogP contribution in [-0.4, -0.2) is 15.8 Å². The second-order valence-corrected chi connectivity index (χ2v) is 5.48. The Balaban J connectivity index is 1.98. The van der Waals surface area contributed by atoms with Crippen molar-refractivity contribution in [2.24, 2.45) is 0 Å². The van der Waals surface area contributed by atoms with Crippen molar-refractivity contribution < 1.29 is 4.79 Å². The van der Waals surface area contributed by atoms with Crippen LogP contribution in [0.25, 0.3) is 10.9 Å². The SMILES string of the molecule is CC(=O)N1C=CC(c2c[nH]c3ccc(Br)cc23)C=C1. The Morgan fingerprint density at radius 1 is 1.32 bits per heavy atom. The lowest BCUT2D eigenvalue weighted by molar-refractivity contribution is -0.124. The van der Waals surface area contributed by atoms with E-state index in [-0.39, 0.29) is 11.8 Å². The smallest absolute Gasteiger partial charge is 0.227 e. The number of amides is 1. The van der Waals surface area contributed by atoms with Gasteiger partial charge in [0.1, 0.15) is 0 Å². The molecular weight excluding hydrogens is 304 g/mol. The second kappa shape index (κ2) is 4.70. The van der Waals surface area contributed by atoms with E-state index in [9.17, 15) is 4.79 Å². The van der Waals surface area contributed by atoms with Gasteiger partial charge in [-0.15, -0.1) is 0 Å². The maximum atomic E-state index is 11.3. The van der Waals surface area contributed by atoms with Gasteiger partial charge in [-0.1, -0.05) is 28.1 Å². The Kier molecular flexibility index (Phi) is 3.03. The lowest BCUT2D eigenvalue weighted by Crippen LogP contribution is -2.18. The zero-order valence-corrected chi connectivity index (χ0v) is 12.0. The van der Waals surface area contributed by atoms with Crippen LogP contribution in [0.5, 0.6) is 0 Å². The maximum absolute atomic E-state index is 11.3. The molecule has 0 radical (unpaired) electrons. The molecule has 0 spiro atoms. The summed E-state index contributed by atoms with van der Waals surface area (Å²) in [4.78, 5) is 16.1. The topological polar surface area (TPSA) is 36.1 Å². The fourth-order valence-electron chi connectivity index (χ4n) is 2.29. The number of carbonyl (C=O) groups excluding carboxylic acids is 1. The summed E-state index contributed by atoms with van der Waals surface area (Å²) < 4.78 is 1.06. The number of aromatic nitrogens is 1. The lowest BCUT2D eigenvalue weighted by Gasteiger charge is -2.18. The van der Waals surface area contributed by atoms with Gasteiger partial charge in [-0.05, 0) is 23.8 Å². The first-order valence-electron chi connectivity index (χ1n) is 6.07. The quantitative estimate of drug-likeness (QED) is 0.851. The molecule has 1 aromatic heterocycles.